The van der Waals surface area contributed by atoms with E-state index in [2.05, 4.69) is 116 Å². The zero-order valence-electron chi connectivity index (χ0n) is 16.7. The van der Waals surface area contributed by atoms with Gasteiger partial charge in [-0.15, -0.1) is 5.56 Å². The molecule has 0 saturated heterocycles. The molecule has 0 aliphatic rings. The van der Waals surface area contributed by atoms with Crippen LogP contribution < -0.4 is 37.2 Å². The second-order valence-electron chi connectivity index (χ2n) is 6.71. The van der Waals surface area contributed by atoms with E-state index in [0.717, 1.165) is 6.42 Å². The van der Waals surface area contributed by atoms with Crippen LogP contribution in [0, 0.1) is 0 Å². The molecule has 30 heavy (non-hydrogen) atoms. The van der Waals surface area contributed by atoms with E-state index in [9.17, 15) is 0 Å². The van der Waals surface area contributed by atoms with Crippen molar-refractivity contribution in [1.82, 2.24) is 0 Å². The van der Waals surface area contributed by atoms with Crippen molar-refractivity contribution in [2.45, 2.75) is 18.8 Å². The molecular formula is C26H23Cl3Ti. The van der Waals surface area contributed by atoms with Crippen molar-refractivity contribution >= 4 is 0 Å². The molecule has 0 unspecified atom stereocenters. The molecule has 4 aromatic rings. The van der Waals surface area contributed by atoms with Crippen LogP contribution in [0.2, 0.25) is 0 Å². The van der Waals surface area contributed by atoms with Crippen LogP contribution in [0.1, 0.15) is 34.7 Å². The summed E-state index contributed by atoms with van der Waals surface area (Å²) in [5, 5.41) is 0. The fourth-order valence-corrected chi connectivity index (χ4v) is 4.01. The third-order valence-corrected chi connectivity index (χ3v) is 5.28. The first-order chi connectivity index (χ1) is 12.9. The van der Waals surface area contributed by atoms with Gasteiger partial charge in [-0.05, 0) is 16.7 Å². The predicted molar refractivity (Wildman–Crippen MR) is 110 cm³/mol. The summed E-state index contributed by atoms with van der Waals surface area (Å²) in [4.78, 5) is 0. The SMILES string of the molecule is CCc1cc[c-](C(c2ccccc2)(c2ccccc2)c2ccccc2)c1.[Cl-].[Cl-].[Cl-].[Ti+4]. The van der Waals surface area contributed by atoms with Gasteiger partial charge in [0.15, 0.2) is 0 Å². The monoisotopic (exact) mass is 488 g/mol. The van der Waals surface area contributed by atoms with Crippen molar-refractivity contribution in [3.63, 3.8) is 0 Å². The predicted octanol–water partition coefficient (Wildman–Crippen LogP) is -2.64. The summed E-state index contributed by atoms with van der Waals surface area (Å²) in [6.45, 7) is 2.22. The zero-order chi connectivity index (χ0) is 17.8. The maximum atomic E-state index is 2.37. The molecule has 0 nitrogen and oxygen atoms in total. The summed E-state index contributed by atoms with van der Waals surface area (Å²) >= 11 is 0. The van der Waals surface area contributed by atoms with E-state index in [1.165, 1.54) is 27.8 Å². The van der Waals surface area contributed by atoms with Crippen LogP contribution in [0.25, 0.3) is 0 Å². The molecule has 0 heterocycles. The largest absolute Gasteiger partial charge is 4.00 e. The Morgan fingerprint density at radius 1 is 0.600 bits per heavy atom. The second kappa shape index (κ2) is 13.1. The topological polar surface area (TPSA) is 0 Å². The van der Waals surface area contributed by atoms with Crippen LogP contribution in [0.5, 0.6) is 0 Å². The minimum absolute atomic E-state index is 0. The van der Waals surface area contributed by atoms with Gasteiger partial charge in [0, 0.05) is 5.41 Å². The number of aryl methyl sites for hydroxylation is 1. The normalized spacial score (nSPS) is 9.90. The molecule has 0 atom stereocenters. The van der Waals surface area contributed by atoms with Crippen molar-refractivity contribution in [2.75, 3.05) is 0 Å². The van der Waals surface area contributed by atoms with Gasteiger partial charge in [-0.3, -0.25) is 0 Å². The minimum Gasteiger partial charge on any atom is -1.00 e. The van der Waals surface area contributed by atoms with E-state index in [1.54, 1.807) is 0 Å². The third-order valence-electron chi connectivity index (χ3n) is 5.28. The summed E-state index contributed by atoms with van der Waals surface area (Å²) in [5.74, 6) is 0. The molecule has 0 fully saturated rings. The first kappa shape index (κ1) is 28.6. The standard InChI is InChI=1S/C26H23.3ClH.Ti/c1-2-21-18-19-25(20-21)26(22-12-6-3-7-13-22,23-14-8-4-9-15-23)24-16-10-5-11-17-24;;;;/h3-20H,2H2,1H3;3*1H;/q-1;;;;+4/p-3. The number of hydrogen-bond donors (Lipinski definition) is 0. The minimum atomic E-state index is -0.308. The molecule has 4 aromatic carbocycles. The maximum Gasteiger partial charge on any atom is 4.00 e. The molecule has 4 heteroatoms. The number of halogens is 3. The van der Waals surface area contributed by atoms with Crippen molar-refractivity contribution in [2.24, 2.45) is 0 Å². The third kappa shape index (κ3) is 5.25. The Bertz CT molecular complexity index is 870. The Hall–Kier alpha value is -1.41. The maximum absolute atomic E-state index is 2.37. The first-order valence-corrected chi connectivity index (χ1v) is 9.28. The average Bonchev–Trinajstić information content (AvgIpc) is 3.21. The zero-order valence-corrected chi connectivity index (χ0v) is 20.6. The fourth-order valence-electron chi connectivity index (χ4n) is 4.01. The van der Waals surface area contributed by atoms with Gasteiger partial charge >= 0.3 is 21.7 Å². The summed E-state index contributed by atoms with van der Waals surface area (Å²) < 4.78 is 0. The molecule has 0 aliphatic heterocycles. The first-order valence-electron chi connectivity index (χ1n) is 9.28. The Morgan fingerprint density at radius 2 is 0.967 bits per heavy atom. The van der Waals surface area contributed by atoms with Gasteiger partial charge in [-0.2, -0.15) is 17.7 Å². The van der Waals surface area contributed by atoms with Crippen LogP contribution in [0.15, 0.2) is 109 Å². The Kier molecular flexibility index (Phi) is 12.5. The van der Waals surface area contributed by atoms with Crippen molar-refractivity contribution in [1.29, 1.82) is 0 Å². The van der Waals surface area contributed by atoms with Gasteiger partial charge in [0.2, 0.25) is 0 Å². The van der Waals surface area contributed by atoms with Crippen molar-refractivity contribution in [3.05, 3.63) is 137 Å². The number of hydrogen-bond acceptors (Lipinski definition) is 0. The van der Waals surface area contributed by atoms with Crippen molar-refractivity contribution in [3.8, 4) is 0 Å². The van der Waals surface area contributed by atoms with E-state index in [4.69, 9.17) is 0 Å². The molecule has 4 rings (SSSR count). The summed E-state index contributed by atoms with van der Waals surface area (Å²) in [5.41, 5.74) is 6.30. The Labute approximate surface area is 213 Å². The van der Waals surface area contributed by atoms with Crippen LogP contribution in [-0.4, -0.2) is 0 Å². The summed E-state index contributed by atoms with van der Waals surface area (Å²) in [6.07, 6.45) is 1.05. The van der Waals surface area contributed by atoms with Crippen LogP contribution in [0.3, 0.4) is 0 Å². The molecule has 0 aromatic heterocycles. The van der Waals surface area contributed by atoms with Gasteiger partial charge in [0.25, 0.3) is 0 Å². The van der Waals surface area contributed by atoms with Gasteiger partial charge in [0.1, 0.15) is 0 Å². The van der Waals surface area contributed by atoms with Crippen LogP contribution in [0.4, 0.5) is 0 Å². The summed E-state index contributed by atoms with van der Waals surface area (Å²) in [7, 11) is 0. The van der Waals surface area contributed by atoms with E-state index in [1.807, 2.05) is 0 Å². The molecular weight excluding hydrogens is 467 g/mol. The van der Waals surface area contributed by atoms with E-state index < -0.39 is 0 Å². The van der Waals surface area contributed by atoms with Gasteiger partial charge in [0.05, 0.1) is 0 Å². The quantitative estimate of drug-likeness (QED) is 0.163. The van der Waals surface area contributed by atoms with E-state index >= 15 is 0 Å². The Balaban J connectivity index is 0.00000210. The molecule has 0 N–H and O–H groups in total. The Morgan fingerprint density at radius 3 is 1.27 bits per heavy atom. The number of benzene rings is 3. The average molecular weight is 490 g/mol. The van der Waals surface area contributed by atoms with Gasteiger partial charge in [-0.25, -0.2) is 6.07 Å². The summed E-state index contributed by atoms with van der Waals surface area (Å²) in [6, 6.07) is 39.5. The smallest absolute Gasteiger partial charge is 1.00 e. The number of rotatable bonds is 5. The molecule has 152 valence electrons. The molecule has 0 bridgehead atoms. The van der Waals surface area contributed by atoms with E-state index in [0.29, 0.717) is 0 Å². The van der Waals surface area contributed by atoms with Crippen LogP contribution >= 0.6 is 0 Å². The van der Waals surface area contributed by atoms with E-state index in [-0.39, 0.29) is 64.4 Å². The molecule has 0 radical (unpaired) electrons. The fraction of sp³-hybridized carbons (Fsp3) is 0.115. The molecule has 0 saturated carbocycles. The van der Waals surface area contributed by atoms with Crippen molar-refractivity contribution < 1.29 is 58.9 Å². The van der Waals surface area contributed by atoms with Crippen LogP contribution in [-0.2, 0) is 33.6 Å². The van der Waals surface area contributed by atoms with Gasteiger partial charge < -0.3 is 37.2 Å². The van der Waals surface area contributed by atoms with Gasteiger partial charge in [-0.1, -0.05) is 104 Å². The molecule has 0 spiro atoms. The molecule has 0 amide bonds. The second-order valence-corrected chi connectivity index (χ2v) is 6.71. The molecule has 0 aliphatic carbocycles.